The van der Waals surface area contributed by atoms with E-state index < -0.39 is 0 Å². The molecule has 4 heteroatoms. The van der Waals surface area contributed by atoms with Crippen LogP contribution in [0.3, 0.4) is 0 Å². The second-order valence-corrected chi connectivity index (χ2v) is 8.77. The third-order valence-corrected chi connectivity index (χ3v) is 6.34. The number of rotatable bonds is 1. The number of fused-ring (bicyclic) bond motifs is 1. The van der Waals surface area contributed by atoms with Gasteiger partial charge in [-0.3, -0.25) is 4.99 Å². The molecule has 0 spiro atoms. The summed E-state index contributed by atoms with van der Waals surface area (Å²) in [4.78, 5) is 6.25. The summed E-state index contributed by atoms with van der Waals surface area (Å²) >= 11 is 8.10. The van der Waals surface area contributed by atoms with Crippen molar-refractivity contribution in [2.45, 2.75) is 39.0 Å². The predicted octanol–water partition coefficient (Wildman–Crippen LogP) is 5.68. The monoisotopic (exact) mass is 345 g/mol. The molecule has 0 saturated heterocycles. The van der Waals surface area contributed by atoms with Gasteiger partial charge in [-0.2, -0.15) is 0 Å². The molecule has 0 radical (unpaired) electrons. The Morgan fingerprint density at radius 3 is 2.96 bits per heavy atom. The lowest BCUT2D eigenvalue weighted by Gasteiger charge is -2.35. The van der Waals surface area contributed by atoms with Crippen LogP contribution in [-0.2, 0) is 0 Å². The maximum atomic E-state index is 10.5. The molecule has 120 valence electrons. The van der Waals surface area contributed by atoms with Gasteiger partial charge in [0.25, 0.3) is 0 Å². The number of benzene rings is 1. The van der Waals surface area contributed by atoms with Crippen molar-refractivity contribution in [3.63, 3.8) is 0 Å². The summed E-state index contributed by atoms with van der Waals surface area (Å²) in [5, 5.41) is 11.1. The van der Waals surface area contributed by atoms with Gasteiger partial charge in [-0.15, -0.1) is 11.8 Å². The Balaban J connectivity index is 1.93. The van der Waals surface area contributed by atoms with E-state index >= 15 is 0 Å². The molecule has 2 heterocycles. The Morgan fingerprint density at radius 2 is 2.13 bits per heavy atom. The second-order valence-electron chi connectivity index (χ2n) is 7.19. The quantitative estimate of drug-likeness (QED) is 0.710. The van der Waals surface area contributed by atoms with Gasteiger partial charge in [0.2, 0.25) is 0 Å². The fourth-order valence-corrected chi connectivity index (χ4v) is 5.16. The molecule has 0 aromatic heterocycles. The van der Waals surface area contributed by atoms with Crippen LogP contribution in [0.15, 0.2) is 45.4 Å². The van der Waals surface area contributed by atoms with E-state index in [9.17, 15) is 5.11 Å². The summed E-state index contributed by atoms with van der Waals surface area (Å²) in [5.41, 5.74) is 4.77. The summed E-state index contributed by atoms with van der Waals surface area (Å²) in [6.07, 6.45) is 5.53. The van der Waals surface area contributed by atoms with Gasteiger partial charge in [0.05, 0.1) is 5.70 Å². The lowest BCUT2D eigenvalue weighted by atomic mass is 9.72. The number of aromatic hydroxyl groups is 1. The maximum Gasteiger partial charge on any atom is 0.119 e. The molecule has 1 N–H and O–H groups in total. The first-order valence-electron chi connectivity index (χ1n) is 8.09. The van der Waals surface area contributed by atoms with Crippen molar-refractivity contribution >= 4 is 29.1 Å². The second kappa shape index (κ2) is 5.42. The van der Waals surface area contributed by atoms with Crippen LogP contribution in [0.25, 0.3) is 0 Å². The molecule has 1 aromatic carbocycles. The molecule has 0 bridgehead atoms. The number of halogens is 1. The Bertz CT molecular complexity index is 776. The molecule has 0 saturated carbocycles. The third kappa shape index (κ3) is 2.64. The van der Waals surface area contributed by atoms with Crippen molar-refractivity contribution in [3.05, 3.63) is 51.0 Å². The Kier molecular flexibility index (Phi) is 3.62. The van der Waals surface area contributed by atoms with Crippen LogP contribution < -0.4 is 0 Å². The molecule has 23 heavy (non-hydrogen) atoms. The lowest BCUT2D eigenvalue weighted by molar-refractivity contribution is 0.433. The van der Waals surface area contributed by atoms with E-state index in [-0.39, 0.29) is 11.3 Å². The van der Waals surface area contributed by atoms with Crippen LogP contribution in [0.2, 0.25) is 5.02 Å². The molecule has 0 amide bonds. The van der Waals surface area contributed by atoms with Gasteiger partial charge in [0, 0.05) is 32.9 Å². The summed E-state index contributed by atoms with van der Waals surface area (Å²) in [6.45, 7) is 4.55. The smallest absolute Gasteiger partial charge is 0.119 e. The minimum atomic E-state index is 0.0864. The van der Waals surface area contributed by atoms with Gasteiger partial charge < -0.3 is 5.11 Å². The molecule has 1 aromatic rings. The lowest BCUT2D eigenvalue weighted by Crippen LogP contribution is -2.26. The minimum Gasteiger partial charge on any atom is -0.508 e. The molecule has 1 atom stereocenters. The van der Waals surface area contributed by atoms with Crippen molar-refractivity contribution in [1.29, 1.82) is 0 Å². The van der Waals surface area contributed by atoms with Crippen molar-refractivity contribution in [1.82, 2.24) is 0 Å². The summed E-state index contributed by atoms with van der Waals surface area (Å²) in [7, 11) is 0. The predicted molar refractivity (Wildman–Crippen MR) is 98.5 cm³/mol. The molecule has 1 unspecified atom stereocenters. The highest BCUT2D eigenvalue weighted by molar-refractivity contribution is 8.03. The Hall–Kier alpha value is -1.19. The normalized spacial score (nSPS) is 25.6. The molecule has 1 aliphatic carbocycles. The molecular weight excluding hydrogens is 326 g/mol. The molecule has 4 rings (SSSR count). The zero-order valence-corrected chi connectivity index (χ0v) is 15.0. The summed E-state index contributed by atoms with van der Waals surface area (Å²) < 4.78 is 0. The van der Waals surface area contributed by atoms with E-state index in [1.807, 2.05) is 17.8 Å². The van der Waals surface area contributed by atoms with Gasteiger partial charge in [-0.1, -0.05) is 31.5 Å². The Labute approximate surface area is 146 Å². The average Bonchev–Trinajstić information content (AvgIpc) is 2.95. The van der Waals surface area contributed by atoms with Crippen molar-refractivity contribution in [2.24, 2.45) is 10.4 Å². The van der Waals surface area contributed by atoms with Gasteiger partial charge in [-0.25, -0.2) is 0 Å². The fourth-order valence-electron chi connectivity index (χ4n) is 3.73. The third-order valence-electron chi connectivity index (χ3n) is 4.91. The van der Waals surface area contributed by atoms with E-state index in [4.69, 9.17) is 16.6 Å². The van der Waals surface area contributed by atoms with E-state index in [1.165, 1.54) is 21.9 Å². The summed E-state index contributed by atoms with van der Waals surface area (Å²) in [5.74, 6) is 1.49. The topological polar surface area (TPSA) is 32.6 Å². The number of hydrogen-bond acceptors (Lipinski definition) is 3. The number of phenols is 1. The fraction of sp³-hybridized carbons (Fsp3) is 0.421. The number of aliphatic imine (C=N–C) groups is 1. The first-order valence-corrected chi connectivity index (χ1v) is 9.46. The van der Waals surface area contributed by atoms with Crippen LogP contribution in [0.1, 0.15) is 44.6 Å². The van der Waals surface area contributed by atoms with Crippen LogP contribution in [0.4, 0.5) is 0 Å². The standard InChI is InChI=1S/C19H20ClNOS/c1-19(2)7-5-14-13(10-19)17(18-15(21-14)6-8-23-18)12-9-11(20)3-4-16(12)22/h3-4,9-10,17,22H,5-8H2,1-2H3. The van der Waals surface area contributed by atoms with E-state index in [0.29, 0.717) is 10.8 Å². The van der Waals surface area contributed by atoms with Crippen molar-refractivity contribution < 1.29 is 5.11 Å². The maximum absolute atomic E-state index is 10.5. The number of nitrogens with zero attached hydrogens (tertiary/aromatic N) is 1. The first kappa shape index (κ1) is 15.3. The number of thioether (sulfide) groups is 1. The van der Waals surface area contributed by atoms with Gasteiger partial charge in [0.1, 0.15) is 5.75 Å². The molecular formula is C19H20ClNOS. The van der Waals surface area contributed by atoms with E-state index in [1.54, 1.807) is 12.1 Å². The zero-order chi connectivity index (χ0) is 16.2. The van der Waals surface area contributed by atoms with Gasteiger partial charge in [0.15, 0.2) is 0 Å². The van der Waals surface area contributed by atoms with Crippen LogP contribution >= 0.6 is 23.4 Å². The first-order chi connectivity index (χ1) is 10.9. The number of allylic oxidation sites excluding steroid dienone is 4. The molecule has 3 aliphatic rings. The number of hydrogen-bond donors (Lipinski definition) is 1. The van der Waals surface area contributed by atoms with Crippen molar-refractivity contribution in [2.75, 3.05) is 5.75 Å². The largest absolute Gasteiger partial charge is 0.508 e. The van der Waals surface area contributed by atoms with Crippen LogP contribution in [-0.4, -0.2) is 16.6 Å². The average molecular weight is 346 g/mol. The SMILES string of the molecule is CC1(C)C=C2C(=NC3=C(SCC3)C2c2cc(Cl)ccc2O)CC1. The van der Waals surface area contributed by atoms with Gasteiger partial charge in [-0.05, 0) is 48.4 Å². The molecule has 2 nitrogen and oxygen atoms in total. The van der Waals surface area contributed by atoms with Crippen LogP contribution in [0.5, 0.6) is 5.75 Å². The summed E-state index contributed by atoms with van der Waals surface area (Å²) in [6, 6.07) is 5.36. The molecule has 0 fully saturated rings. The van der Waals surface area contributed by atoms with Crippen LogP contribution in [0, 0.1) is 5.41 Å². The minimum absolute atomic E-state index is 0.0864. The highest BCUT2D eigenvalue weighted by Crippen LogP contribution is 2.53. The zero-order valence-electron chi connectivity index (χ0n) is 13.4. The van der Waals surface area contributed by atoms with Gasteiger partial charge >= 0.3 is 0 Å². The number of phenolic OH excluding ortho intramolecular Hbond substituents is 1. The van der Waals surface area contributed by atoms with E-state index in [2.05, 4.69) is 19.9 Å². The highest BCUT2D eigenvalue weighted by Gasteiger charge is 2.38. The Morgan fingerprint density at radius 1 is 1.30 bits per heavy atom. The van der Waals surface area contributed by atoms with E-state index in [0.717, 1.165) is 30.6 Å². The highest BCUT2D eigenvalue weighted by atomic mass is 35.5. The van der Waals surface area contributed by atoms with Crippen molar-refractivity contribution in [3.8, 4) is 5.75 Å². The molecule has 2 aliphatic heterocycles.